The van der Waals surface area contributed by atoms with Gasteiger partial charge in [-0.25, -0.2) is 8.78 Å². The Morgan fingerprint density at radius 3 is 2.62 bits per heavy atom. The Bertz CT molecular complexity index is 634. The number of nitrogens with one attached hydrogen (secondary N) is 1. The fraction of sp³-hybridized carbons (Fsp3) is 0.250. The van der Waals surface area contributed by atoms with Crippen LogP contribution in [-0.2, 0) is 0 Å². The molecule has 0 spiro atoms. The van der Waals surface area contributed by atoms with Crippen molar-refractivity contribution in [1.29, 1.82) is 0 Å². The summed E-state index contributed by atoms with van der Waals surface area (Å²) in [6.45, 7) is 2.55. The molecule has 0 aliphatic rings. The topological polar surface area (TPSA) is 21.3 Å². The highest BCUT2D eigenvalue weighted by atomic mass is 79.9. The van der Waals surface area contributed by atoms with E-state index in [1.54, 1.807) is 30.3 Å². The van der Waals surface area contributed by atoms with Gasteiger partial charge in [0.1, 0.15) is 5.82 Å². The molecule has 2 nitrogen and oxygen atoms in total. The summed E-state index contributed by atoms with van der Waals surface area (Å²) < 4.78 is 33.5. The third-order valence-corrected chi connectivity index (χ3v) is 3.82. The number of benzene rings is 2. The smallest absolute Gasteiger partial charge is 0.165 e. The van der Waals surface area contributed by atoms with Gasteiger partial charge in [0.2, 0.25) is 0 Å². The minimum absolute atomic E-state index is 0.170. The van der Waals surface area contributed by atoms with Crippen LogP contribution in [0.5, 0.6) is 5.75 Å². The molecule has 2 rings (SSSR count). The first kappa shape index (κ1) is 15.9. The van der Waals surface area contributed by atoms with Gasteiger partial charge in [0, 0.05) is 5.56 Å². The van der Waals surface area contributed by atoms with Crippen molar-refractivity contribution < 1.29 is 13.5 Å². The SMILES string of the molecule is CCNC(c1ccc(OC)c(F)c1)c1cccc(Br)c1F. The Labute approximate surface area is 131 Å². The lowest BCUT2D eigenvalue weighted by atomic mass is 9.98. The van der Waals surface area contributed by atoms with Crippen LogP contribution in [0.1, 0.15) is 24.1 Å². The molecule has 0 aliphatic heterocycles. The zero-order valence-corrected chi connectivity index (χ0v) is 13.4. The number of hydrogen-bond donors (Lipinski definition) is 1. The fourth-order valence-corrected chi connectivity index (χ4v) is 2.60. The molecule has 1 N–H and O–H groups in total. The van der Waals surface area contributed by atoms with E-state index in [2.05, 4.69) is 21.2 Å². The van der Waals surface area contributed by atoms with E-state index in [9.17, 15) is 8.78 Å². The van der Waals surface area contributed by atoms with E-state index < -0.39 is 11.9 Å². The first-order chi connectivity index (χ1) is 10.1. The highest BCUT2D eigenvalue weighted by Crippen LogP contribution is 2.30. The van der Waals surface area contributed by atoms with Crippen LogP contribution < -0.4 is 10.1 Å². The summed E-state index contributed by atoms with van der Waals surface area (Å²) in [5, 5.41) is 3.18. The quantitative estimate of drug-likeness (QED) is 0.856. The van der Waals surface area contributed by atoms with Crippen molar-refractivity contribution in [2.45, 2.75) is 13.0 Å². The van der Waals surface area contributed by atoms with E-state index in [1.807, 2.05) is 6.92 Å². The van der Waals surface area contributed by atoms with E-state index in [4.69, 9.17) is 4.74 Å². The van der Waals surface area contributed by atoms with Gasteiger partial charge in [0.25, 0.3) is 0 Å². The second-order valence-corrected chi connectivity index (χ2v) is 5.38. The van der Waals surface area contributed by atoms with Crippen molar-refractivity contribution >= 4 is 15.9 Å². The predicted molar refractivity (Wildman–Crippen MR) is 82.6 cm³/mol. The molecule has 0 bridgehead atoms. The van der Waals surface area contributed by atoms with Crippen LogP contribution in [0.3, 0.4) is 0 Å². The van der Waals surface area contributed by atoms with Crippen molar-refractivity contribution in [3.63, 3.8) is 0 Å². The highest BCUT2D eigenvalue weighted by molar-refractivity contribution is 9.10. The lowest BCUT2D eigenvalue weighted by Crippen LogP contribution is -2.23. The van der Waals surface area contributed by atoms with Gasteiger partial charge in [-0.15, -0.1) is 0 Å². The van der Waals surface area contributed by atoms with Gasteiger partial charge in [-0.05, 0) is 46.2 Å². The molecular formula is C16H16BrF2NO. The molecule has 21 heavy (non-hydrogen) atoms. The maximum atomic E-state index is 14.3. The van der Waals surface area contributed by atoms with Gasteiger partial charge in [0.05, 0.1) is 17.6 Å². The minimum Gasteiger partial charge on any atom is -0.494 e. The van der Waals surface area contributed by atoms with Crippen LogP contribution in [0.2, 0.25) is 0 Å². The van der Waals surface area contributed by atoms with E-state index in [1.165, 1.54) is 13.2 Å². The minimum atomic E-state index is -0.465. The average molecular weight is 356 g/mol. The van der Waals surface area contributed by atoms with Gasteiger partial charge in [-0.2, -0.15) is 0 Å². The van der Waals surface area contributed by atoms with Gasteiger partial charge >= 0.3 is 0 Å². The summed E-state index contributed by atoms with van der Waals surface area (Å²) in [5.41, 5.74) is 1.11. The highest BCUT2D eigenvalue weighted by Gasteiger charge is 2.19. The second kappa shape index (κ2) is 7.00. The number of methoxy groups -OCH3 is 1. The average Bonchev–Trinajstić information content (AvgIpc) is 2.48. The van der Waals surface area contributed by atoms with Crippen molar-refractivity contribution in [1.82, 2.24) is 5.32 Å². The zero-order chi connectivity index (χ0) is 15.4. The Hall–Kier alpha value is -1.46. The molecule has 0 heterocycles. The molecule has 0 saturated carbocycles. The summed E-state index contributed by atoms with van der Waals surface area (Å²) in [5.74, 6) is -0.642. The van der Waals surface area contributed by atoms with E-state index in [0.717, 1.165) is 0 Å². The predicted octanol–water partition coefficient (Wildman–Crippen LogP) is 4.43. The van der Waals surface area contributed by atoms with Crippen LogP contribution in [0, 0.1) is 11.6 Å². The Morgan fingerprint density at radius 1 is 1.24 bits per heavy atom. The van der Waals surface area contributed by atoms with Crippen molar-refractivity contribution in [3.05, 3.63) is 63.6 Å². The number of ether oxygens (including phenoxy) is 1. The molecule has 0 aliphatic carbocycles. The molecule has 0 radical (unpaired) electrons. The number of halogens is 3. The molecular weight excluding hydrogens is 340 g/mol. The van der Waals surface area contributed by atoms with Gasteiger partial charge in [0.15, 0.2) is 11.6 Å². The molecule has 0 aromatic heterocycles. The van der Waals surface area contributed by atoms with E-state index in [-0.39, 0.29) is 11.6 Å². The van der Waals surface area contributed by atoms with Crippen LogP contribution in [0.25, 0.3) is 0 Å². The molecule has 2 aromatic carbocycles. The first-order valence-corrected chi connectivity index (χ1v) is 7.38. The summed E-state index contributed by atoms with van der Waals surface area (Å²) in [6, 6.07) is 9.30. The Balaban J connectivity index is 2.48. The summed E-state index contributed by atoms with van der Waals surface area (Å²) in [6.07, 6.45) is 0. The molecule has 1 unspecified atom stereocenters. The monoisotopic (exact) mass is 355 g/mol. The molecule has 2 aromatic rings. The van der Waals surface area contributed by atoms with Crippen LogP contribution in [-0.4, -0.2) is 13.7 Å². The third-order valence-electron chi connectivity index (χ3n) is 3.21. The molecule has 0 amide bonds. The van der Waals surface area contributed by atoms with Crippen LogP contribution in [0.15, 0.2) is 40.9 Å². The standard InChI is InChI=1S/C16H16BrF2NO/c1-3-20-16(11-5-4-6-12(17)15(11)19)10-7-8-14(21-2)13(18)9-10/h4-9,16,20H,3H2,1-2H3. The number of rotatable bonds is 5. The normalized spacial score (nSPS) is 12.2. The van der Waals surface area contributed by atoms with Gasteiger partial charge in [-0.1, -0.05) is 25.1 Å². The van der Waals surface area contributed by atoms with E-state index >= 15 is 0 Å². The van der Waals surface area contributed by atoms with Crippen LogP contribution >= 0.6 is 15.9 Å². The fourth-order valence-electron chi connectivity index (χ4n) is 2.22. The summed E-state index contributed by atoms with van der Waals surface area (Å²) in [4.78, 5) is 0. The first-order valence-electron chi connectivity index (χ1n) is 6.59. The molecule has 1 atom stereocenters. The maximum Gasteiger partial charge on any atom is 0.165 e. The lowest BCUT2D eigenvalue weighted by Gasteiger charge is -2.20. The molecule has 0 fully saturated rings. The Kier molecular flexibility index (Phi) is 5.31. The number of hydrogen-bond acceptors (Lipinski definition) is 2. The van der Waals surface area contributed by atoms with Gasteiger partial charge < -0.3 is 10.1 Å². The Morgan fingerprint density at radius 2 is 2.00 bits per heavy atom. The molecule has 0 saturated heterocycles. The molecule has 5 heteroatoms. The third kappa shape index (κ3) is 3.41. The zero-order valence-electron chi connectivity index (χ0n) is 11.8. The second-order valence-electron chi connectivity index (χ2n) is 4.53. The van der Waals surface area contributed by atoms with Crippen molar-refractivity contribution in [2.24, 2.45) is 0 Å². The van der Waals surface area contributed by atoms with Crippen molar-refractivity contribution in [3.8, 4) is 5.75 Å². The van der Waals surface area contributed by atoms with Crippen LogP contribution in [0.4, 0.5) is 8.78 Å². The maximum absolute atomic E-state index is 14.3. The lowest BCUT2D eigenvalue weighted by molar-refractivity contribution is 0.385. The van der Waals surface area contributed by atoms with E-state index in [0.29, 0.717) is 22.1 Å². The van der Waals surface area contributed by atoms with Gasteiger partial charge in [-0.3, -0.25) is 0 Å². The van der Waals surface area contributed by atoms with Crippen molar-refractivity contribution in [2.75, 3.05) is 13.7 Å². The largest absolute Gasteiger partial charge is 0.494 e. The summed E-state index contributed by atoms with van der Waals surface area (Å²) in [7, 11) is 1.41. The summed E-state index contributed by atoms with van der Waals surface area (Å²) >= 11 is 3.18. The molecule has 112 valence electrons.